The molecule has 2 aromatic carbocycles. The van der Waals surface area contributed by atoms with Gasteiger partial charge in [-0.3, -0.25) is 0 Å². The molecule has 2 aromatic heterocycles. The first kappa shape index (κ1) is 19.4. The Morgan fingerprint density at radius 2 is 1.90 bits per heavy atom. The van der Waals surface area contributed by atoms with Crippen LogP contribution in [0.15, 0.2) is 68.3 Å². The Labute approximate surface area is 171 Å². The normalized spacial score (nSPS) is 11.9. The number of aromatic nitrogens is 2. The van der Waals surface area contributed by atoms with E-state index >= 15 is 0 Å². The molecule has 0 aliphatic heterocycles. The standard InChI is InChI=1S/C22H20N4O4/c1-3-13(2)23-22(28)24-16-10-8-14(9-11-16)19-25-20(30-26-19)17-12-15-6-4-5-7-18(15)29-21(17)27/h4-13H,3H2,1-2H3,(H2,23,24,28)/t13-/m1/s1. The van der Waals surface area contributed by atoms with Crippen LogP contribution in [-0.2, 0) is 0 Å². The van der Waals surface area contributed by atoms with Gasteiger partial charge in [-0.15, -0.1) is 0 Å². The van der Waals surface area contributed by atoms with Crippen LogP contribution in [0.5, 0.6) is 0 Å². The lowest BCUT2D eigenvalue weighted by Crippen LogP contribution is -2.35. The molecule has 1 atom stereocenters. The summed E-state index contributed by atoms with van der Waals surface area (Å²) in [6.07, 6.45) is 0.849. The lowest BCUT2D eigenvalue weighted by atomic mass is 10.2. The summed E-state index contributed by atoms with van der Waals surface area (Å²) in [5, 5.41) is 10.3. The van der Waals surface area contributed by atoms with Crippen molar-refractivity contribution in [2.24, 2.45) is 0 Å². The minimum atomic E-state index is -0.546. The number of urea groups is 1. The van der Waals surface area contributed by atoms with Crippen molar-refractivity contribution in [3.05, 3.63) is 65.0 Å². The topological polar surface area (TPSA) is 110 Å². The van der Waals surface area contributed by atoms with Crippen molar-refractivity contribution >= 4 is 22.7 Å². The molecule has 0 fully saturated rings. The first-order valence-corrected chi connectivity index (χ1v) is 9.58. The van der Waals surface area contributed by atoms with Crippen LogP contribution in [0.25, 0.3) is 33.8 Å². The summed E-state index contributed by atoms with van der Waals surface area (Å²) in [7, 11) is 0. The number of carbonyl (C=O) groups excluding carboxylic acids is 1. The van der Waals surface area contributed by atoms with Crippen molar-refractivity contribution in [2.75, 3.05) is 5.32 Å². The zero-order chi connectivity index (χ0) is 21.1. The van der Waals surface area contributed by atoms with Gasteiger partial charge in [0, 0.05) is 22.7 Å². The molecule has 0 bridgehead atoms. The van der Waals surface area contributed by atoms with Gasteiger partial charge in [-0.2, -0.15) is 4.98 Å². The van der Waals surface area contributed by atoms with Crippen molar-refractivity contribution in [1.82, 2.24) is 15.5 Å². The quantitative estimate of drug-likeness (QED) is 0.476. The first-order valence-electron chi connectivity index (χ1n) is 9.58. The van der Waals surface area contributed by atoms with Crippen LogP contribution in [-0.4, -0.2) is 22.2 Å². The summed E-state index contributed by atoms with van der Waals surface area (Å²) in [6.45, 7) is 3.94. The number of rotatable bonds is 5. The molecule has 152 valence electrons. The number of hydrogen-bond acceptors (Lipinski definition) is 6. The van der Waals surface area contributed by atoms with Crippen molar-refractivity contribution in [3.8, 4) is 22.8 Å². The highest BCUT2D eigenvalue weighted by atomic mass is 16.5. The number of benzene rings is 2. The van der Waals surface area contributed by atoms with Gasteiger partial charge in [-0.05, 0) is 49.7 Å². The highest BCUT2D eigenvalue weighted by Gasteiger charge is 2.16. The summed E-state index contributed by atoms with van der Waals surface area (Å²) in [6, 6.07) is 15.7. The van der Waals surface area contributed by atoms with Crippen molar-refractivity contribution < 1.29 is 13.7 Å². The van der Waals surface area contributed by atoms with E-state index in [0.29, 0.717) is 22.7 Å². The fourth-order valence-corrected chi connectivity index (χ4v) is 2.86. The summed E-state index contributed by atoms with van der Waals surface area (Å²) in [5.74, 6) is 0.410. The van der Waals surface area contributed by atoms with E-state index in [4.69, 9.17) is 8.94 Å². The lowest BCUT2D eigenvalue weighted by molar-refractivity contribution is 0.249. The van der Waals surface area contributed by atoms with Crippen LogP contribution in [0.3, 0.4) is 0 Å². The van der Waals surface area contributed by atoms with Crippen LogP contribution in [0.4, 0.5) is 10.5 Å². The zero-order valence-electron chi connectivity index (χ0n) is 16.5. The van der Waals surface area contributed by atoms with Gasteiger partial charge in [0.1, 0.15) is 11.1 Å². The number of anilines is 1. The fourth-order valence-electron chi connectivity index (χ4n) is 2.86. The highest BCUT2D eigenvalue weighted by Crippen LogP contribution is 2.24. The Bertz CT molecular complexity index is 1240. The van der Waals surface area contributed by atoms with Gasteiger partial charge in [0.15, 0.2) is 0 Å². The Balaban J connectivity index is 1.54. The van der Waals surface area contributed by atoms with Crippen LogP contribution >= 0.6 is 0 Å². The Kier molecular flexibility index (Phi) is 5.30. The highest BCUT2D eigenvalue weighted by molar-refractivity contribution is 5.89. The van der Waals surface area contributed by atoms with Crippen molar-refractivity contribution in [2.45, 2.75) is 26.3 Å². The molecule has 8 nitrogen and oxygen atoms in total. The number of fused-ring (bicyclic) bond motifs is 1. The van der Waals surface area contributed by atoms with Crippen LogP contribution in [0.1, 0.15) is 20.3 Å². The number of carbonyl (C=O) groups is 1. The molecule has 4 aromatic rings. The molecule has 0 radical (unpaired) electrons. The number of para-hydroxylation sites is 1. The van der Waals surface area contributed by atoms with Gasteiger partial charge in [-0.25, -0.2) is 9.59 Å². The van der Waals surface area contributed by atoms with E-state index in [1.165, 1.54) is 0 Å². The van der Waals surface area contributed by atoms with E-state index in [1.807, 2.05) is 26.0 Å². The zero-order valence-corrected chi connectivity index (χ0v) is 16.5. The van der Waals surface area contributed by atoms with Gasteiger partial charge in [0.25, 0.3) is 5.89 Å². The molecule has 0 saturated heterocycles. The Morgan fingerprint density at radius 1 is 1.13 bits per heavy atom. The molecule has 0 aliphatic rings. The maximum Gasteiger partial charge on any atom is 0.349 e. The van der Waals surface area contributed by atoms with Crippen LogP contribution in [0, 0.1) is 0 Å². The summed E-state index contributed by atoms with van der Waals surface area (Å²) < 4.78 is 10.6. The fraction of sp³-hybridized carbons (Fsp3) is 0.182. The average Bonchev–Trinajstić information content (AvgIpc) is 3.23. The smallest absolute Gasteiger partial charge is 0.349 e. The third kappa shape index (κ3) is 4.07. The Hall–Kier alpha value is -3.94. The summed E-state index contributed by atoms with van der Waals surface area (Å²) >= 11 is 0. The maximum absolute atomic E-state index is 12.3. The lowest BCUT2D eigenvalue weighted by Gasteiger charge is -2.12. The monoisotopic (exact) mass is 404 g/mol. The predicted octanol–water partition coefficient (Wildman–Crippen LogP) is 4.43. The summed E-state index contributed by atoms with van der Waals surface area (Å²) in [5.41, 5.74) is 1.47. The number of amides is 2. The molecular weight excluding hydrogens is 384 g/mol. The first-order chi connectivity index (χ1) is 14.5. The molecule has 0 aliphatic carbocycles. The molecule has 0 spiro atoms. The average molecular weight is 404 g/mol. The maximum atomic E-state index is 12.3. The van der Waals surface area contributed by atoms with Crippen LogP contribution in [0.2, 0.25) is 0 Å². The molecule has 30 heavy (non-hydrogen) atoms. The Morgan fingerprint density at radius 3 is 2.67 bits per heavy atom. The molecule has 0 unspecified atom stereocenters. The van der Waals surface area contributed by atoms with E-state index in [0.717, 1.165) is 11.8 Å². The van der Waals surface area contributed by atoms with E-state index in [2.05, 4.69) is 20.8 Å². The molecule has 8 heteroatoms. The van der Waals surface area contributed by atoms with Crippen molar-refractivity contribution in [1.29, 1.82) is 0 Å². The second-order valence-electron chi connectivity index (χ2n) is 6.89. The molecule has 2 N–H and O–H groups in total. The van der Waals surface area contributed by atoms with E-state index in [1.54, 1.807) is 42.5 Å². The van der Waals surface area contributed by atoms with E-state index < -0.39 is 5.63 Å². The number of nitrogens with zero attached hydrogens (tertiary/aromatic N) is 2. The molecule has 4 rings (SSSR count). The third-order valence-corrected chi connectivity index (χ3v) is 4.69. The van der Waals surface area contributed by atoms with E-state index in [9.17, 15) is 9.59 Å². The molecule has 2 amide bonds. The molecular formula is C22H20N4O4. The second-order valence-corrected chi connectivity index (χ2v) is 6.89. The molecule has 0 saturated carbocycles. The van der Waals surface area contributed by atoms with Gasteiger partial charge < -0.3 is 19.6 Å². The predicted molar refractivity (Wildman–Crippen MR) is 113 cm³/mol. The van der Waals surface area contributed by atoms with Crippen molar-refractivity contribution in [3.63, 3.8) is 0 Å². The van der Waals surface area contributed by atoms with Gasteiger partial charge in [-0.1, -0.05) is 30.3 Å². The summed E-state index contributed by atoms with van der Waals surface area (Å²) in [4.78, 5) is 28.5. The second kappa shape index (κ2) is 8.20. The number of hydrogen-bond donors (Lipinski definition) is 2. The van der Waals surface area contributed by atoms with Gasteiger partial charge in [0.2, 0.25) is 5.82 Å². The largest absolute Gasteiger partial charge is 0.422 e. The minimum absolute atomic E-state index is 0.0830. The minimum Gasteiger partial charge on any atom is -0.422 e. The number of nitrogens with one attached hydrogen (secondary N) is 2. The van der Waals surface area contributed by atoms with Crippen LogP contribution < -0.4 is 16.3 Å². The van der Waals surface area contributed by atoms with Gasteiger partial charge in [0.05, 0.1) is 0 Å². The third-order valence-electron chi connectivity index (χ3n) is 4.69. The SMILES string of the molecule is CC[C@@H](C)NC(=O)Nc1ccc(-c2noc(-c3cc4ccccc4oc3=O)n2)cc1. The molecule has 2 heterocycles. The van der Waals surface area contributed by atoms with E-state index in [-0.39, 0.29) is 23.5 Å². The van der Waals surface area contributed by atoms with Gasteiger partial charge >= 0.3 is 11.7 Å².